The van der Waals surface area contributed by atoms with Gasteiger partial charge < -0.3 is 4.55 Å². The lowest BCUT2D eigenvalue weighted by atomic mass is 10.0. The molecule has 0 N–H and O–H groups in total. The van der Waals surface area contributed by atoms with E-state index in [4.69, 9.17) is 0 Å². The van der Waals surface area contributed by atoms with Crippen molar-refractivity contribution in [2.45, 2.75) is 32.6 Å². The molecule has 0 aromatic carbocycles. The second-order valence-corrected chi connectivity index (χ2v) is 5.04. The minimum absolute atomic E-state index is 0.591. The first kappa shape index (κ1) is 11.1. The highest BCUT2D eigenvalue weighted by molar-refractivity contribution is 7.76. The summed E-state index contributed by atoms with van der Waals surface area (Å²) in [6.45, 7) is 2.91. The van der Waals surface area contributed by atoms with Crippen LogP contribution in [0.25, 0.3) is 0 Å². The normalized spacial score (nSPS) is 31.1. The topological polar surface area (TPSA) is 43.4 Å². The largest absolute Gasteiger partial charge is 0.760 e. The molecule has 0 aromatic rings. The van der Waals surface area contributed by atoms with Crippen LogP contribution in [0.2, 0.25) is 0 Å². The Labute approximate surface area is 82.9 Å². The van der Waals surface area contributed by atoms with Crippen LogP contribution >= 0.6 is 0 Å². The van der Waals surface area contributed by atoms with Crippen LogP contribution in [0.3, 0.4) is 0 Å². The van der Waals surface area contributed by atoms with Gasteiger partial charge in [-0.15, -0.1) is 0 Å². The van der Waals surface area contributed by atoms with Gasteiger partial charge in [0.05, 0.1) is 0 Å². The van der Waals surface area contributed by atoms with Crippen molar-refractivity contribution < 1.29 is 8.76 Å². The summed E-state index contributed by atoms with van der Waals surface area (Å²) in [5.74, 6) is 1.42. The van der Waals surface area contributed by atoms with Gasteiger partial charge in [0.15, 0.2) is 0 Å². The van der Waals surface area contributed by atoms with Crippen molar-refractivity contribution in [3.05, 3.63) is 0 Å². The van der Waals surface area contributed by atoms with Gasteiger partial charge in [-0.05, 0) is 31.7 Å². The molecule has 0 amide bonds. The lowest BCUT2D eigenvalue weighted by molar-refractivity contribution is 0.362. The average Bonchev–Trinajstić information content (AvgIpc) is 2.52. The number of hydrogen-bond donors (Lipinski definition) is 0. The Morgan fingerprint density at radius 1 is 1.46 bits per heavy atom. The van der Waals surface area contributed by atoms with Crippen LogP contribution in [0.5, 0.6) is 0 Å². The molecule has 1 aliphatic carbocycles. The third-order valence-corrected chi connectivity index (χ3v) is 3.66. The first-order valence-electron chi connectivity index (χ1n) is 4.94. The van der Waals surface area contributed by atoms with Crippen LogP contribution < -0.4 is 0 Å². The second kappa shape index (κ2) is 5.08. The van der Waals surface area contributed by atoms with Crippen molar-refractivity contribution >= 4 is 11.3 Å². The Balaban J connectivity index is 2.27. The summed E-state index contributed by atoms with van der Waals surface area (Å²) in [5, 5.41) is 0. The van der Waals surface area contributed by atoms with Gasteiger partial charge >= 0.3 is 0 Å². The molecule has 0 bridgehead atoms. The SMILES string of the molecule is CCC1CCC(CN(C)S(=O)[O-])C1. The Hall–Kier alpha value is 0.0700. The summed E-state index contributed by atoms with van der Waals surface area (Å²) in [7, 11) is 1.64. The molecule has 1 saturated carbocycles. The number of rotatable bonds is 4. The zero-order valence-corrected chi connectivity index (χ0v) is 9.18. The maximum absolute atomic E-state index is 10.6. The van der Waals surface area contributed by atoms with Gasteiger partial charge in [-0.1, -0.05) is 19.8 Å². The van der Waals surface area contributed by atoms with Gasteiger partial charge in [0.1, 0.15) is 0 Å². The zero-order valence-electron chi connectivity index (χ0n) is 8.36. The number of nitrogens with zero attached hydrogens (tertiary/aromatic N) is 1. The van der Waals surface area contributed by atoms with E-state index in [1.807, 2.05) is 0 Å². The molecule has 0 aliphatic heterocycles. The highest BCUT2D eigenvalue weighted by atomic mass is 32.2. The minimum atomic E-state index is -2.04. The van der Waals surface area contributed by atoms with Gasteiger partial charge in [-0.3, -0.25) is 4.21 Å². The van der Waals surface area contributed by atoms with Crippen molar-refractivity contribution in [2.24, 2.45) is 11.8 Å². The van der Waals surface area contributed by atoms with Crippen molar-refractivity contribution in [3.63, 3.8) is 0 Å². The van der Waals surface area contributed by atoms with Crippen molar-refractivity contribution in [3.8, 4) is 0 Å². The first-order valence-corrected chi connectivity index (χ1v) is 5.97. The molecule has 78 valence electrons. The van der Waals surface area contributed by atoms with Crippen LogP contribution in [-0.2, 0) is 11.3 Å². The van der Waals surface area contributed by atoms with E-state index in [2.05, 4.69) is 6.92 Å². The standard InChI is InChI=1S/C9H19NO2S/c1-3-8-4-5-9(6-8)7-10(2)13(11)12/h8-9H,3-7H2,1-2H3,(H,11,12)/p-1. The Bertz CT molecular complexity index is 186. The summed E-state index contributed by atoms with van der Waals surface area (Å²) in [6.07, 6.45) is 4.92. The average molecular weight is 204 g/mol. The molecule has 0 radical (unpaired) electrons. The molecule has 0 saturated heterocycles. The Morgan fingerprint density at radius 2 is 2.08 bits per heavy atom. The summed E-state index contributed by atoms with van der Waals surface area (Å²) >= 11 is -2.04. The fourth-order valence-corrected chi connectivity index (χ4v) is 2.47. The van der Waals surface area contributed by atoms with Gasteiger partial charge in [0.25, 0.3) is 0 Å². The second-order valence-electron chi connectivity index (χ2n) is 3.98. The van der Waals surface area contributed by atoms with E-state index >= 15 is 0 Å². The maximum atomic E-state index is 10.6. The monoisotopic (exact) mass is 204 g/mol. The Morgan fingerprint density at radius 3 is 2.54 bits per heavy atom. The Kier molecular flexibility index (Phi) is 4.35. The smallest absolute Gasteiger partial charge is 0.0206 e. The molecule has 1 aliphatic rings. The van der Waals surface area contributed by atoms with Crippen LogP contribution in [0.15, 0.2) is 0 Å². The molecular weight excluding hydrogens is 186 g/mol. The van der Waals surface area contributed by atoms with E-state index in [1.54, 1.807) is 7.05 Å². The molecule has 0 spiro atoms. The third kappa shape index (κ3) is 3.37. The molecule has 1 rings (SSSR count). The van der Waals surface area contributed by atoms with Crippen LogP contribution in [0, 0.1) is 11.8 Å². The predicted molar refractivity (Wildman–Crippen MR) is 52.7 cm³/mol. The summed E-state index contributed by atoms with van der Waals surface area (Å²) in [5.41, 5.74) is 0. The van der Waals surface area contributed by atoms with E-state index in [1.165, 1.54) is 30.0 Å². The molecule has 4 heteroatoms. The fraction of sp³-hybridized carbons (Fsp3) is 1.00. The first-order chi connectivity index (χ1) is 6.13. The van der Waals surface area contributed by atoms with E-state index < -0.39 is 11.3 Å². The van der Waals surface area contributed by atoms with Crippen molar-refractivity contribution in [2.75, 3.05) is 13.6 Å². The van der Waals surface area contributed by atoms with Gasteiger partial charge in [-0.2, -0.15) is 0 Å². The molecule has 3 unspecified atom stereocenters. The van der Waals surface area contributed by atoms with Crippen molar-refractivity contribution in [1.29, 1.82) is 0 Å². The molecule has 3 atom stereocenters. The van der Waals surface area contributed by atoms with E-state index in [0.29, 0.717) is 12.5 Å². The van der Waals surface area contributed by atoms with Crippen LogP contribution in [0.4, 0.5) is 0 Å². The van der Waals surface area contributed by atoms with E-state index in [-0.39, 0.29) is 0 Å². The van der Waals surface area contributed by atoms with Gasteiger partial charge in [0.2, 0.25) is 0 Å². The highest BCUT2D eigenvalue weighted by Crippen LogP contribution is 2.33. The summed E-state index contributed by atoms with van der Waals surface area (Å²) in [6, 6.07) is 0. The molecular formula is C9H18NO2S-. The van der Waals surface area contributed by atoms with E-state index in [9.17, 15) is 8.76 Å². The maximum Gasteiger partial charge on any atom is 0.0206 e. The minimum Gasteiger partial charge on any atom is -0.760 e. The molecule has 3 nitrogen and oxygen atoms in total. The van der Waals surface area contributed by atoms with Crippen LogP contribution in [-0.4, -0.2) is 26.7 Å². The molecule has 1 fully saturated rings. The highest BCUT2D eigenvalue weighted by Gasteiger charge is 2.24. The quantitative estimate of drug-likeness (QED) is 0.652. The van der Waals surface area contributed by atoms with Gasteiger partial charge in [0, 0.05) is 17.8 Å². The molecule has 0 heterocycles. The molecule has 13 heavy (non-hydrogen) atoms. The summed E-state index contributed by atoms with van der Waals surface area (Å²) < 4.78 is 22.5. The zero-order chi connectivity index (χ0) is 9.84. The fourth-order valence-electron chi connectivity index (χ4n) is 2.14. The van der Waals surface area contributed by atoms with Crippen LogP contribution in [0.1, 0.15) is 32.6 Å². The lowest BCUT2D eigenvalue weighted by Gasteiger charge is -2.22. The number of hydrogen-bond acceptors (Lipinski definition) is 2. The lowest BCUT2D eigenvalue weighted by Crippen LogP contribution is -2.26. The predicted octanol–water partition coefficient (Wildman–Crippen LogP) is 1.54. The van der Waals surface area contributed by atoms with E-state index in [0.717, 1.165) is 5.92 Å². The molecule has 0 aromatic heterocycles. The van der Waals surface area contributed by atoms with Crippen molar-refractivity contribution in [1.82, 2.24) is 4.31 Å². The third-order valence-electron chi connectivity index (χ3n) is 3.00. The summed E-state index contributed by atoms with van der Waals surface area (Å²) in [4.78, 5) is 0. The van der Waals surface area contributed by atoms with Gasteiger partial charge in [-0.25, -0.2) is 4.31 Å².